The van der Waals surface area contributed by atoms with E-state index in [0.29, 0.717) is 13.0 Å². The first-order valence-electron chi connectivity index (χ1n) is 8.62. The predicted molar refractivity (Wildman–Crippen MR) is 102 cm³/mol. The molecule has 4 N–H and O–H groups in total. The number of thiophene rings is 1. The summed E-state index contributed by atoms with van der Waals surface area (Å²) in [5.41, 5.74) is 5.94. The van der Waals surface area contributed by atoms with Gasteiger partial charge in [-0.15, -0.1) is 16.4 Å². The van der Waals surface area contributed by atoms with Crippen LogP contribution in [0, 0.1) is 6.92 Å². The zero-order valence-corrected chi connectivity index (χ0v) is 15.7. The number of carbonyl (C=O) groups excluding carboxylic acids is 1. The van der Waals surface area contributed by atoms with E-state index in [1.807, 2.05) is 12.3 Å². The molecule has 0 aromatic carbocycles. The number of aryl methyl sites for hydroxylation is 1. The third-order valence-corrected chi connectivity index (χ3v) is 5.94. The Bertz CT molecular complexity index is 1180. The van der Waals surface area contributed by atoms with Gasteiger partial charge >= 0.3 is 17.8 Å². The van der Waals surface area contributed by atoms with Crippen molar-refractivity contribution in [3.63, 3.8) is 0 Å². The Labute approximate surface area is 162 Å². The van der Waals surface area contributed by atoms with Crippen molar-refractivity contribution in [1.29, 1.82) is 0 Å². The number of imidazole rings is 1. The van der Waals surface area contributed by atoms with Crippen LogP contribution in [-0.2, 0) is 6.42 Å². The molecule has 11 heteroatoms. The number of aromatic amines is 1. The van der Waals surface area contributed by atoms with Gasteiger partial charge in [0.1, 0.15) is 6.04 Å². The number of nitrogens with one attached hydrogen (secondary N) is 2. The molecule has 0 bridgehead atoms. The SMILES string of the molecule is Cc1csc2cc(C3c4nc[nH]c4CCN3C(=O)c3nnc(NN)o3)ncc12. The molecule has 5 rings (SSSR count). The number of nitrogens with two attached hydrogens (primary N) is 1. The minimum Gasteiger partial charge on any atom is -0.398 e. The normalized spacial score (nSPS) is 16.4. The lowest BCUT2D eigenvalue weighted by Gasteiger charge is -2.33. The Morgan fingerprint density at radius 3 is 3.14 bits per heavy atom. The van der Waals surface area contributed by atoms with Crippen LogP contribution < -0.4 is 11.3 Å². The average molecular weight is 396 g/mol. The summed E-state index contributed by atoms with van der Waals surface area (Å²) in [4.78, 5) is 27.0. The second-order valence-corrected chi connectivity index (χ2v) is 7.41. The number of pyridine rings is 1. The molecule has 1 aliphatic rings. The monoisotopic (exact) mass is 396 g/mol. The van der Waals surface area contributed by atoms with E-state index in [4.69, 9.17) is 10.3 Å². The molecule has 5 heterocycles. The zero-order chi connectivity index (χ0) is 19.3. The Morgan fingerprint density at radius 1 is 1.43 bits per heavy atom. The van der Waals surface area contributed by atoms with Gasteiger partial charge in [-0.1, -0.05) is 5.10 Å². The summed E-state index contributed by atoms with van der Waals surface area (Å²) in [6, 6.07) is 1.55. The molecule has 0 saturated heterocycles. The van der Waals surface area contributed by atoms with Crippen molar-refractivity contribution >= 4 is 33.3 Å². The van der Waals surface area contributed by atoms with Crippen molar-refractivity contribution < 1.29 is 9.21 Å². The lowest BCUT2D eigenvalue weighted by atomic mass is 9.98. The summed E-state index contributed by atoms with van der Waals surface area (Å²) in [6.45, 7) is 2.52. The number of anilines is 1. The lowest BCUT2D eigenvalue weighted by Crippen LogP contribution is -2.41. The zero-order valence-electron chi connectivity index (χ0n) is 14.8. The minimum atomic E-state index is -0.449. The minimum absolute atomic E-state index is 0.0222. The van der Waals surface area contributed by atoms with Crippen molar-refractivity contribution in [2.45, 2.75) is 19.4 Å². The summed E-state index contributed by atoms with van der Waals surface area (Å²) >= 11 is 1.65. The van der Waals surface area contributed by atoms with Gasteiger partial charge < -0.3 is 14.3 Å². The molecule has 142 valence electrons. The van der Waals surface area contributed by atoms with Gasteiger partial charge in [0.25, 0.3) is 0 Å². The molecule has 1 atom stereocenters. The van der Waals surface area contributed by atoms with Crippen LogP contribution in [0.25, 0.3) is 10.1 Å². The fourth-order valence-electron chi connectivity index (χ4n) is 3.50. The highest BCUT2D eigenvalue weighted by molar-refractivity contribution is 7.17. The van der Waals surface area contributed by atoms with E-state index in [1.165, 1.54) is 5.56 Å². The summed E-state index contributed by atoms with van der Waals surface area (Å²) < 4.78 is 6.39. The smallest absolute Gasteiger partial charge is 0.330 e. The molecule has 4 aromatic heterocycles. The molecule has 1 aliphatic heterocycles. The van der Waals surface area contributed by atoms with Crippen LogP contribution in [0.1, 0.15) is 39.4 Å². The van der Waals surface area contributed by atoms with Gasteiger partial charge in [-0.05, 0) is 23.9 Å². The number of amides is 1. The van der Waals surface area contributed by atoms with E-state index in [2.05, 4.69) is 42.9 Å². The molecule has 0 fully saturated rings. The van der Waals surface area contributed by atoms with Crippen LogP contribution in [0.3, 0.4) is 0 Å². The number of H-pyrrole nitrogens is 1. The van der Waals surface area contributed by atoms with Gasteiger partial charge in [-0.3, -0.25) is 15.2 Å². The summed E-state index contributed by atoms with van der Waals surface area (Å²) in [5, 5.41) is 10.7. The highest BCUT2D eigenvalue weighted by Gasteiger charge is 2.37. The number of hydrogen-bond acceptors (Lipinski definition) is 9. The summed E-state index contributed by atoms with van der Waals surface area (Å²) in [6.07, 6.45) is 4.14. The fraction of sp³-hybridized carbons (Fsp3) is 0.235. The van der Waals surface area contributed by atoms with Gasteiger partial charge in [0.05, 0.1) is 17.7 Å². The summed E-state index contributed by atoms with van der Waals surface area (Å²) in [5.74, 6) is 4.74. The molecule has 4 aromatic rings. The van der Waals surface area contributed by atoms with E-state index >= 15 is 0 Å². The van der Waals surface area contributed by atoms with Crippen LogP contribution in [0.5, 0.6) is 0 Å². The molecule has 0 radical (unpaired) electrons. The Hall–Kier alpha value is -3.31. The standard InChI is InChI=1S/C17H16N8O2S/c1-8-6-28-12-4-11(19-5-9(8)12)14-13-10(20-7-21-13)2-3-25(14)16(26)15-23-24-17(22-18)27-15/h4-7,14H,2-3,18H2,1H3,(H,20,21)(H,22,24). The van der Waals surface area contributed by atoms with Crippen molar-refractivity contribution in [3.05, 3.63) is 52.5 Å². The Kier molecular flexibility index (Phi) is 3.84. The molecule has 0 saturated carbocycles. The van der Waals surface area contributed by atoms with E-state index in [-0.39, 0.29) is 11.9 Å². The molecular weight excluding hydrogens is 380 g/mol. The third kappa shape index (κ3) is 2.55. The number of fused-ring (bicyclic) bond motifs is 2. The molecule has 10 nitrogen and oxygen atoms in total. The Balaban J connectivity index is 1.60. The molecule has 1 unspecified atom stereocenters. The first-order chi connectivity index (χ1) is 13.7. The van der Waals surface area contributed by atoms with Crippen molar-refractivity contribution in [2.75, 3.05) is 12.0 Å². The fourth-order valence-corrected chi connectivity index (χ4v) is 4.46. The van der Waals surface area contributed by atoms with Crippen LogP contribution >= 0.6 is 11.3 Å². The second-order valence-electron chi connectivity index (χ2n) is 6.50. The van der Waals surface area contributed by atoms with E-state index in [9.17, 15) is 4.79 Å². The van der Waals surface area contributed by atoms with Gasteiger partial charge in [0.2, 0.25) is 0 Å². The molecule has 0 aliphatic carbocycles. The van der Waals surface area contributed by atoms with E-state index in [1.54, 1.807) is 22.6 Å². The van der Waals surface area contributed by atoms with Crippen LogP contribution in [0.4, 0.5) is 6.01 Å². The maximum absolute atomic E-state index is 13.1. The van der Waals surface area contributed by atoms with Crippen molar-refractivity contribution in [3.8, 4) is 0 Å². The number of carbonyl (C=O) groups is 1. The van der Waals surface area contributed by atoms with Gasteiger partial charge in [0, 0.05) is 34.9 Å². The van der Waals surface area contributed by atoms with Crippen LogP contribution in [-0.4, -0.2) is 42.5 Å². The number of hydrogen-bond donors (Lipinski definition) is 3. The van der Waals surface area contributed by atoms with Gasteiger partial charge in [-0.2, -0.15) is 0 Å². The highest BCUT2D eigenvalue weighted by Crippen LogP contribution is 2.35. The predicted octanol–water partition coefficient (Wildman–Crippen LogP) is 1.78. The van der Waals surface area contributed by atoms with E-state index < -0.39 is 11.9 Å². The summed E-state index contributed by atoms with van der Waals surface area (Å²) in [7, 11) is 0. The number of nitrogens with zero attached hydrogens (tertiary/aromatic N) is 5. The Morgan fingerprint density at radius 2 is 2.32 bits per heavy atom. The van der Waals surface area contributed by atoms with Crippen molar-refractivity contribution in [1.82, 2.24) is 30.0 Å². The lowest BCUT2D eigenvalue weighted by molar-refractivity contribution is 0.0647. The van der Waals surface area contributed by atoms with E-state index in [0.717, 1.165) is 27.2 Å². The number of hydrazine groups is 1. The molecule has 28 heavy (non-hydrogen) atoms. The average Bonchev–Trinajstić information content (AvgIpc) is 3.46. The number of nitrogen functional groups attached to an aromatic ring is 1. The van der Waals surface area contributed by atoms with Crippen LogP contribution in [0.15, 0.2) is 28.4 Å². The topological polar surface area (TPSA) is 139 Å². The third-order valence-electron chi connectivity index (χ3n) is 4.87. The van der Waals surface area contributed by atoms with Crippen molar-refractivity contribution in [2.24, 2.45) is 5.84 Å². The largest absolute Gasteiger partial charge is 0.398 e. The second kappa shape index (κ2) is 6.39. The highest BCUT2D eigenvalue weighted by atomic mass is 32.1. The molecule has 1 amide bonds. The first kappa shape index (κ1) is 16.8. The van der Waals surface area contributed by atoms with Gasteiger partial charge in [-0.25, -0.2) is 10.8 Å². The maximum atomic E-state index is 13.1. The van der Waals surface area contributed by atoms with Crippen LogP contribution in [0.2, 0.25) is 0 Å². The molecule has 0 spiro atoms. The number of rotatable bonds is 3. The maximum Gasteiger partial charge on any atom is 0.330 e. The quantitative estimate of drug-likeness (QED) is 0.352. The van der Waals surface area contributed by atoms with Gasteiger partial charge in [0.15, 0.2) is 0 Å². The molecular formula is C17H16N8O2S. The number of aromatic nitrogens is 5. The first-order valence-corrected chi connectivity index (χ1v) is 9.50.